The van der Waals surface area contributed by atoms with Crippen LogP contribution in [0.4, 0.5) is 0 Å². The topological polar surface area (TPSA) is 38.1 Å². The van der Waals surface area contributed by atoms with E-state index >= 15 is 0 Å². The molecule has 3 aromatic rings. The lowest BCUT2D eigenvalue weighted by Gasteiger charge is -2.17. The molecule has 1 unspecified atom stereocenters. The molecule has 0 radical (unpaired) electrons. The highest BCUT2D eigenvalue weighted by molar-refractivity contribution is 5.81. The van der Waals surface area contributed by atoms with Crippen LogP contribution in [0.25, 0.3) is 22.5 Å². The lowest BCUT2D eigenvalue weighted by molar-refractivity contribution is -0.128. The summed E-state index contributed by atoms with van der Waals surface area (Å²) in [7, 11) is 0. The minimum Gasteiger partial charge on any atom is -0.339 e. The Labute approximate surface area is 159 Å². The van der Waals surface area contributed by atoms with Crippen LogP contribution >= 0.6 is 0 Å². The zero-order valence-electron chi connectivity index (χ0n) is 15.3. The van der Waals surface area contributed by atoms with Crippen LogP contribution in [-0.4, -0.2) is 32.9 Å². The van der Waals surface area contributed by atoms with Crippen molar-refractivity contribution in [3.8, 4) is 22.5 Å². The number of imidazole rings is 1. The monoisotopic (exact) mass is 357 g/mol. The van der Waals surface area contributed by atoms with E-state index in [4.69, 9.17) is 0 Å². The predicted molar refractivity (Wildman–Crippen MR) is 106 cm³/mol. The summed E-state index contributed by atoms with van der Waals surface area (Å²) in [5.74, 6) is 1.68. The molecule has 1 aliphatic heterocycles. The second-order valence-electron chi connectivity index (χ2n) is 7.66. The first-order valence-electron chi connectivity index (χ1n) is 9.75. The van der Waals surface area contributed by atoms with Gasteiger partial charge in [-0.1, -0.05) is 54.6 Å². The third-order valence-electron chi connectivity index (χ3n) is 5.65. The van der Waals surface area contributed by atoms with Crippen LogP contribution in [0.15, 0.2) is 67.0 Å². The summed E-state index contributed by atoms with van der Waals surface area (Å²) in [4.78, 5) is 19.1. The van der Waals surface area contributed by atoms with Crippen LogP contribution < -0.4 is 0 Å². The fourth-order valence-electron chi connectivity index (χ4n) is 4.20. The van der Waals surface area contributed by atoms with E-state index in [1.807, 2.05) is 18.5 Å². The first kappa shape index (κ1) is 16.3. The molecule has 2 heterocycles. The van der Waals surface area contributed by atoms with Crippen LogP contribution in [0.5, 0.6) is 0 Å². The number of rotatable bonds is 5. The highest BCUT2D eigenvalue weighted by atomic mass is 16.2. The number of benzene rings is 2. The van der Waals surface area contributed by atoms with E-state index in [9.17, 15) is 4.79 Å². The molecule has 2 aliphatic rings. The van der Waals surface area contributed by atoms with E-state index in [0.29, 0.717) is 24.3 Å². The molecule has 2 aromatic carbocycles. The fourth-order valence-corrected chi connectivity index (χ4v) is 4.20. The van der Waals surface area contributed by atoms with Crippen LogP contribution in [0.2, 0.25) is 0 Å². The number of hydrogen-bond donors (Lipinski definition) is 0. The molecule has 4 heteroatoms. The predicted octanol–water partition coefficient (Wildman–Crippen LogP) is 4.23. The second kappa shape index (κ2) is 6.69. The molecule has 4 nitrogen and oxygen atoms in total. The van der Waals surface area contributed by atoms with Gasteiger partial charge in [0.1, 0.15) is 5.82 Å². The summed E-state index contributed by atoms with van der Waals surface area (Å²) in [6.45, 7) is 1.73. The molecule has 1 aliphatic carbocycles. The lowest BCUT2D eigenvalue weighted by Crippen LogP contribution is -2.27. The highest BCUT2D eigenvalue weighted by Crippen LogP contribution is 2.35. The molecule has 1 saturated heterocycles. The number of hydrogen-bond acceptors (Lipinski definition) is 2. The van der Waals surface area contributed by atoms with Crippen molar-refractivity contribution in [3.63, 3.8) is 0 Å². The molecular weight excluding hydrogens is 334 g/mol. The summed E-state index contributed by atoms with van der Waals surface area (Å²) >= 11 is 0. The van der Waals surface area contributed by atoms with Crippen molar-refractivity contribution in [2.24, 2.45) is 5.92 Å². The summed E-state index contributed by atoms with van der Waals surface area (Å²) in [6.07, 6.45) is 6.93. The average molecular weight is 357 g/mol. The van der Waals surface area contributed by atoms with Gasteiger partial charge in [0, 0.05) is 49.4 Å². The SMILES string of the molecule is O=C1CC(Cn2ccnc2-c2ccccc2-c2ccccc2)CN1C1CC1. The van der Waals surface area contributed by atoms with Crippen molar-refractivity contribution in [1.82, 2.24) is 14.5 Å². The van der Waals surface area contributed by atoms with Gasteiger partial charge >= 0.3 is 0 Å². The quantitative estimate of drug-likeness (QED) is 0.685. The summed E-state index contributed by atoms with van der Waals surface area (Å²) < 4.78 is 2.22. The molecule has 1 saturated carbocycles. The van der Waals surface area contributed by atoms with Crippen molar-refractivity contribution in [3.05, 3.63) is 67.0 Å². The van der Waals surface area contributed by atoms with Gasteiger partial charge in [0.25, 0.3) is 0 Å². The minimum atomic E-state index is 0.328. The van der Waals surface area contributed by atoms with Crippen molar-refractivity contribution in [2.45, 2.75) is 31.8 Å². The standard InChI is InChI=1S/C23H23N3O/c27-22-14-17(16-26(22)19-10-11-19)15-25-13-12-24-23(25)21-9-5-4-8-20(21)18-6-2-1-3-7-18/h1-9,12-13,17,19H,10-11,14-16H2. The van der Waals surface area contributed by atoms with Gasteiger partial charge < -0.3 is 9.47 Å². The normalized spacial score (nSPS) is 19.6. The Balaban J connectivity index is 1.44. The number of amides is 1. The molecule has 0 bridgehead atoms. The van der Waals surface area contributed by atoms with Gasteiger partial charge in [0.2, 0.25) is 5.91 Å². The third-order valence-corrected chi connectivity index (χ3v) is 5.65. The zero-order chi connectivity index (χ0) is 18.2. The number of carbonyl (C=O) groups excluding carboxylic acids is 1. The number of likely N-dealkylation sites (tertiary alicyclic amines) is 1. The maximum absolute atomic E-state index is 12.3. The largest absolute Gasteiger partial charge is 0.339 e. The molecule has 2 fully saturated rings. The summed E-state index contributed by atoms with van der Waals surface area (Å²) in [5, 5.41) is 0. The van der Waals surface area contributed by atoms with Crippen molar-refractivity contribution in [2.75, 3.05) is 6.54 Å². The third kappa shape index (κ3) is 3.16. The Bertz CT molecular complexity index is 959. The lowest BCUT2D eigenvalue weighted by atomic mass is 9.99. The fraction of sp³-hybridized carbons (Fsp3) is 0.304. The molecule has 0 N–H and O–H groups in total. The molecule has 5 rings (SSSR count). The zero-order valence-corrected chi connectivity index (χ0v) is 15.3. The Morgan fingerprint density at radius 2 is 1.70 bits per heavy atom. The minimum absolute atomic E-state index is 0.328. The van der Waals surface area contributed by atoms with E-state index < -0.39 is 0 Å². The van der Waals surface area contributed by atoms with Crippen LogP contribution in [0.3, 0.4) is 0 Å². The molecule has 1 amide bonds. The summed E-state index contributed by atoms with van der Waals surface area (Å²) in [6, 6.07) is 19.4. The maximum Gasteiger partial charge on any atom is 0.223 e. The first-order chi connectivity index (χ1) is 13.3. The van der Waals surface area contributed by atoms with Gasteiger partial charge in [0.05, 0.1) is 0 Å². The number of carbonyl (C=O) groups is 1. The van der Waals surface area contributed by atoms with Crippen molar-refractivity contribution < 1.29 is 4.79 Å². The maximum atomic E-state index is 12.3. The molecule has 27 heavy (non-hydrogen) atoms. The van der Waals surface area contributed by atoms with E-state index in [2.05, 4.69) is 63.0 Å². The number of nitrogens with zero attached hydrogens (tertiary/aromatic N) is 3. The van der Waals surface area contributed by atoms with Crippen molar-refractivity contribution in [1.29, 1.82) is 0 Å². The Morgan fingerprint density at radius 3 is 2.48 bits per heavy atom. The molecule has 136 valence electrons. The Hall–Kier alpha value is -2.88. The van der Waals surface area contributed by atoms with Gasteiger partial charge in [-0.2, -0.15) is 0 Å². The van der Waals surface area contributed by atoms with Crippen molar-refractivity contribution >= 4 is 5.91 Å². The Morgan fingerprint density at radius 1 is 0.963 bits per heavy atom. The van der Waals surface area contributed by atoms with Gasteiger partial charge in [-0.05, 0) is 24.0 Å². The van der Waals surface area contributed by atoms with Gasteiger partial charge in [-0.15, -0.1) is 0 Å². The Kier molecular flexibility index (Phi) is 4.04. The molecule has 1 atom stereocenters. The van der Waals surface area contributed by atoms with E-state index in [1.54, 1.807) is 0 Å². The van der Waals surface area contributed by atoms with E-state index in [1.165, 1.54) is 24.0 Å². The van der Waals surface area contributed by atoms with Gasteiger partial charge in [-0.3, -0.25) is 4.79 Å². The van der Waals surface area contributed by atoms with Gasteiger partial charge in [-0.25, -0.2) is 4.98 Å². The van der Waals surface area contributed by atoms with Crippen LogP contribution in [-0.2, 0) is 11.3 Å². The van der Waals surface area contributed by atoms with E-state index in [-0.39, 0.29) is 0 Å². The smallest absolute Gasteiger partial charge is 0.223 e. The van der Waals surface area contributed by atoms with Crippen LogP contribution in [0.1, 0.15) is 19.3 Å². The number of aromatic nitrogens is 2. The summed E-state index contributed by atoms with van der Waals surface area (Å²) in [5.41, 5.74) is 3.52. The highest BCUT2D eigenvalue weighted by Gasteiger charge is 2.39. The first-order valence-corrected chi connectivity index (χ1v) is 9.75. The average Bonchev–Trinajstić information content (AvgIpc) is 3.34. The van der Waals surface area contributed by atoms with E-state index in [0.717, 1.165) is 24.5 Å². The molecule has 0 spiro atoms. The molecular formula is C23H23N3O. The van der Waals surface area contributed by atoms with Crippen LogP contribution in [0, 0.1) is 5.92 Å². The van der Waals surface area contributed by atoms with Gasteiger partial charge in [0.15, 0.2) is 0 Å². The second-order valence-corrected chi connectivity index (χ2v) is 7.66. The molecule has 1 aromatic heterocycles.